The largest absolute Gasteiger partial charge is 0 e. The molecule has 0 fully saturated rings. The molecule has 0 unspecified atom stereocenters. The summed E-state index contributed by atoms with van der Waals surface area (Å²) in [6.45, 7) is 2.35. The third-order valence-corrected chi connectivity index (χ3v) is 10.1. The summed E-state index contributed by atoms with van der Waals surface area (Å²) in [5, 5.41) is 7.35. The standard InChI is InChI=1S/C6H7.3CH3.Pt.Sn/c1-6-4-2-3-5-6;;;;;/h2-5H,1H3;3*1H3;;. The van der Waals surface area contributed by atoms with Crippen LogP contribution in [0, 0.1) is 0 Å². The molecule has 0 aromatic rings. The van der Waals surface area contributed by atoms with E-state index in [0.29, 0.717) is 3.80 Å². The van der Waals surface area contributed by atoms with E-state index in [-0.39, 0.29) is 23.9 Å². The molecule has 2 heteroatoms. The summed E-state index contributed by atoms with van der Waals surface area (Å²) in [4.78, 5) is 0. The SMILES string of the molecule is C[C]1([Pt]([CH3])([CH3])[CH3])C=CC=C1.[Sn]. The zero-order chi connectivity index (χ0) is 7.83. The molecule has 0 saturated heterocycles. The molecule has 1 aliphatic carbocycles. The molecule has 66 valence electrons. The van der Waals surface area contributed by atoms with Crippen molar-refractivity contribution in [3.8, 4) is 0 Å². The predicted molar refractivity (Wildman–Crippen MR) is 50.0 cm³/mol. The molecule has 0 amide bonds. The second kappa shape index (κ2) is 3.78. The Morgan fingerprint density at radius 1 is 1.00 bits per heavy atom. The topological polar surface area (TPSA) is 0 Å². The van der Waals surface area contributed by atoms with Crippen molar-refractivity contribution in [1.29, 1.82) is 0 Å². The van der Waals surface area contributed by atoms with Crippen LogP contribution in [0.15, 0.2) is 24.3 Å². The first-order valence-corrected chi connectivity index (χ1v) is 11.1. The molecule has 0 aromatic heterocycles. The van der Waals surface area contributed by atoms with Gasteiger partial charge in [-0.25, -0.2) is 0 Å². The minimum absolute atomic E-state index is 0. The van der Waals surface area contributed by atoms with Gasteiger partial charge in [-0.15, -0.1) is 0 Å². The number of hydrogen-bond donors (Lipinski definition) is 0. The zero-order valence-electron chi connectivity index (χ0n) is 7.63. The Labute approximate surface area is 90.3 Å². The van der Waals surface area contributed by atoms with Gasteiger partial charge in [-0.1, -0.05) is 0 Å². The molecule has 0 aliphatic heterocycles. The molecule has 0 aromatic carbocycles. The Bertz CT molecular complexity index is 174. The zero-order valence-corrected chi connectivity index (χ0v) is 12.8. The van der Waals surface area contributed by atoms with E-state index in [1.54, 1.807) is 0 Å². The monoisotopic (exact) mass is 439 g/mol. The molecule has 0 saturated carbocycles. The van der Waals surface area contributed by atoms with Gasteiger partial charge in [0.2, 0.25) is 0 Å². The molecule has 0 spiro atoms. The first kappa shape index (κ1) is 12.0. The van der Waals surface area contributed by atoms with Gasteiger partial charge in [0, 0.05) is 23.9 Å². The van der Waals surface area contributed by atoms with Crippen LogP contribution >= 0.6 is 0 Å². The van der Waals surface area contributed by atoms with E-state index in [1.807, 2.05) is 0 Å². The van der Waals surface area contributed by atoms with Crippen molar-refractivity contribution in [2.45, 2.75) is 26.7 Å². The quantitative estimate of drug-likeness (QED) is 0.552. The molecule has 0 atom stereocenters. The molecule has 0 heterocycles. The van der Waals surface area contributed by atoms with E-state index in [4.69, 9.17) is 0 Å². The predicted octanol–water partition coefficient (Wildman–Crippen LogP) is 3.21. The second-order valence-electron chi connectivity index (χ2n) is 3.23. The van der Waals surface area contributed by atoms with Gasteiger partial charge in [-0.2, -0.15) is 0 Å². The van der Waals surface area contributed by atoms with E-state index in [1.165, 1.54) is 0 Å². The van der Waals surface area contributed by atoms with Crippen LogP contribution in [0.1, 0.15) is 6.92 Å². The van der Waals surface area contributed by atoms with Crippen molar-refractivity contribution >= 4 is 23.9 Å². The minimum atomic E-state index is -1.43. The van der Waals surface area contributed by atoms with Crippen LogP contribution in [0.5, 0.6) is 0 Å². The minimum Gasteiger partial charge on any atom is 0 e. The van der Waals surface area contributed by atoms with Crippen LogP contribution in [0.4, 0.5) is 0 Å². The van der Waals surface area contributed by atoms with E-state index in [2.05, 4.69) is 47.2 Å². The van der Waals surface area contributed by atoms with E-state index in [0.717, 1.165) is 0 Å². The van der Waals surface area contributed by atoms with Crippen LogP contribution in [0.3, 0.4) is 0 Å². The molecule has 1 aliphatic rings. The summed E-state index contributed by atoms with van der Waals surface area (Å²) < 4.78 is 0.451. The molecule has 0 nitrogen and oxygen atoms in total. The Hall–Kier alpha value is 0.967. The summed E-state index contributed by atoms with van der Waals surface area (Å²) >= 11 is -1.43. The van der Waals surface area contributed by atoms with Crippen molar-refractivity contribution in [3.63, 3.8) is 0 Å². The van der Waals surface area contributed by atoms with Crippen molar-refractivity contribution in [2.24, 2.45) is 0 Å². The first-order chi connectivity index (χ1) is 4.46. The van der Waals surface area contributed by atoms with Crippen molar-refractivity contribution in [3.05, 3.63) is 24.3 Å². The molecule has 4 radical (unpaired) electrons. The molecule has 0 N–H and O–H groups in total. The van der Waals surface area contributed by atoms with Crippen LogP contribution in [-0.2, 0) is 16.1 Å². The molecule has 11 heavy (non-hydrogen) atoms. The van der Waals surface area contributed by atoms with Gasteiger partial charge in [0.05, 0.1) is 0 Å². The second-order valence-corrected chi connectivity index (χ2v) is 15.9. The molecular formula is C9H16PtSn. The molecular weight excluding hydrogens is 422 g/mol. The summed E-state index contributed by atoms with van der Waals surface area (Å²) in [7, 11) is 0. The fourth-order valence-corrected chi connectivity index (χ4v) is 3.56. The summed E-state index contributed by atoms with van der Waals surface area (Å²) in [6.07, 6.45) is 9.05. The molecule has 1 rings (SSSR count). The third kappa shape index (κ3) is 2.45. The average Bonchev–Trinajstić information content (AvgIpc) is 2.13. The summed E-state index contributed by atoms with van der Waals surface area (Å²) in [6, 6.07) is 0. The van der Waals surface area contributed by atoms with Gasteiger partial charge in [-0.05, 0) is 0 Å². The van der Waals surface area contributed by atoms with Crippen LogP contribution in [-0.4, -0.2) is 23.9 Å². The molecule has 0 bridgehead atoms. The number of allylic oxidation sites excluding steroid dienone is 4. The maximum Gasteiger partial charge on any atom is 0 e. The van der Waals surface area contributed by atoms with Crippen molar-refractivity contribution in [1.82, 2.24) is 0 Å². The smallest absolute Gasteiger partial charge is 0 e. The Morgan fingerprint density at radius 2 is 1.36 bits per heavy atom. The fourth-order valence-electron chi connectivity index (χ4n) is 0.847. The van der Waals surface area contributed by atoms with Gasteiger partial charge in [0.1, 0.15) is 0 Å². The van der Waals surface area contributed by atoms with Gasteiger partial charge in [0.15, 0.2) is 0 Å². The van der Waals surface area contributed by atoms with Crippen molar-refractivity contribution in [2.75, 3.05) is 0 Å². The number of hydrogen-bond acceptors (Lipinski definition) is 0. The van der Waals surface area contributed by atoms with Crippen LogP contribution in [0.2, 0.25) is 19.7 Å². The van der Waals surface area contributed by atoms with E-state index < -0.39 is 16.1 Å². The maximum absolute atomic E-state index is 2.45. The Morgan fingerprint density at radius 3 is 1.55 bits per heavy atom. The fraction of sp³-hybridized carbons (Fsp3) is 0.556. The third-order valence-electron chi connectivity index (χ3n) is 1.96. The summed E-state index contributed by atoms with van der Waals surface area (Å²) in [5.74, 6) is 0. The average molecular weight is 438 g/mol. The van der Waals surface area contributed by atoms with Gasteiger partial charge >= 0.3 is 67.0 Å². The van der Waals surface area contributed by atoms with E-state index >= 15 is 0 Å². The first-order valence-electron chi connectivity index (χ1n) is 3.18. The van der Waals surface area contributed by atoms with Crippen LogP contribution < -0.4 is 0 Å². The van der Waals surface area contributed by atoms with Gasteiger partial charge in [0.25, 0.3) is 0 Å². The van der Waals surface area contributed by atoms with Gasteiger partial charge < -0.3 is 0 Å². The number of rotatable bonds is 1. The maximum atomic E-state index is 2.45. The summed E-state index contributed by atoms with van der Waals surface area (Å²) in [5.41, 5.74) is 0. The Kier molecular flexibility index (Phi) is 4.12. The van der Waals surface area contributed by atoms with Crippen molar-refractivity contribution < 1.29 is 16.1 Å². The van der Waals surface area contributed by atoms with Crippen LogP contribution in [0.25, 0.3) is 0 Å². The Balaban J connectivity index is 0.000001000. The normalized spacial score (nSPS) is 21.5. The van der Waals surface area contributed by atoms with Gasteiger partial charge in [-0.3, -0.25) is 0 Å². The van der Waals surface area contributed by atoms with E-state index in [9.17, 15) is 0 Å².